The number of ether oxygens (including phenoxy) is 2. The summed E-state index contributed by atoms with van der Waals surface area (Å²) in [6.45, 7) is 0. The summed E-state index contributed by atoms with van der Waals surface area (Å²) in [5.41, 5.74) is -0.211. The number of carbonyl (C=O) groups is 2. The van der Waals surface area contributed by atoms with E-state index in [4.69, 9.17) is 4.74 Å². The van der Waals surface area contributed by atoms with E-state index in [1.54, 1.807) is 24.3 Å². The smallest absolute Gasteiger partial charge is 0.344 e. The van der Waals surface area contributed by atoms with E-state index in [-0.39, 0.29) is 11.1 Å². The van der Waals surface area contributed by atoms with Gasteiger partial charge in [-0.15, -0.1) is 0 Å². The molecule has 0 bridgehead atoms. The third-order valence-electron chi connectivity index (χ3n) is 3.95. The van der Waals surface area contributed by atoms with Crippen LogP contribution in [0.1, 0.15) is 20.7 Å². The van der Waals surface area contributed by atoms with Gasteiger partial charge in [0.25, 0.3) is 11.6 Å². The fraction of sp³-hybridized carbons (Fsp3) is 0.0476. The molecule has 0 radical (unpaired) electrons. The van der Waals surface area contributed by atoms with Gasteiger partial charge in [-0.05, 0) is 48.5 Å². The molecule has 8 nitrogen and oxygen atoms in total. The summed E-state index contributed by atoms with van der Waals surface area (Å²) < 4.78 is 10.2. The van der Waals surface area contributed by atoms with Crippen molar-refractivity contribution < 1.29 is 24.0 Å². The van der Waals surface area contributed by atoms with Gasteiger partial charge >= 0.3 is 5.97 Å². The van der Waals surface area contributed by atoms with Gasteiger partial charge in [0.05, 0.1) is 12.0 Å². The van der Waals surface area contributed by atoms with Gasteiger partial charge in [-0.25, -0.2) is 4.79 Å². The summed E-state index contributed by atoms with van der Waals surface area (Å²) in [5.74, 6) is -0.131. The standard InChI is InChI=1S/C21H16N2O6/c1-28-21(25)18-12-7-14(13-19(18)23(26)27)20(24)22-15-8-10-17(11-9-15)29-16-5-3-2-4-6-16/h2-13H,1H3,(H,22,24). The van der Waals surface area contributed by atoms with Crippen LogP contribution in [0.3, 0.4) is 0 Å². The van der Waals surface area contributed by atoms with Crippen molar-refractivity contribution in [1.82, 2.24) is 0 Å². The topological polar surface area (TPSA) is 108 Å². The molecule has 0 atom stereocenters. The molecule has 8 heteroatoms. The third kappa shape index (κ3) is 4.75. The van der Waals surface area contributed by atoms with Crippen LogP contribution >= 0.6 is 0 Å². The van der Waals surface area contributed by atoms with Crippen LogP contribution in [0.15, 0.2) is 72.8 Å². The molecule has 0 fully saturated rings. The molecule has 3 aromatic carbocycles. The van der Waals surface area contributed by atoms with Crippen molar-refractivity contribution >= 4 is 23.3 Å². The molecule has 0 saturated carbocycles. The van der Waals surface area contributed by atoms with Crippen molar-refractivity contribution in [1.29, 1.82) is 0 Å². The minimum absolute atomic E-state index is 0.0361. The number of nitrogens with one attached hydrogen (secondary N) is 1. The van der Waals surface area contributed by atoms with Crippen LogP contribution in [-0.2, 0) is 4.74 Å². The normalized spacial score (nSPS) is 10.1. The van der Waals surface area contributed by atoms with Crippen molar-refractivity contribution in [3.05, 3.63) is 94.0 Å². The van der Waals surface area contributed by atoms with Gasteiger partial charge in [-0.2, -0.15) is 0 Å². The summed E-state index contributed by atoms with van der Waals surface area (Å²) >= 11 is 0. The zero-order valence-electron chi connectivity index (χ0n) is 15.3. The largest absolute Gasteiger partial charge is 0.465 e. The Bertz CT molecular complexity index is 1050. The van der Waals surface area contributed by atoms with Crippen LogP contribution in [0, 0.1) is 10.1 Å². The average Bonchev–Trinajstić information content (AvgIpc) is 2.74. The third-order valence-corrected chi connectivity index (χ3v) is 3.95. The zero-order valence-corrected chi connectivity index (χ0v) is 15.3. The number of nitrogens with zero attached hydrogens (tertiary/aromatic N) is 1. The highest BCUT2D eigenvalue weighted by Gasteiger charge is 2.23. The Morgan fingerprint density at radius 3 is 2.21 bits per heavy atom. The van der Waals surface area contributed by atoms with E-state index >= 15 is 0 Å². The van der Waals surface area contributed by atoms with Gasteiger partial charge in [-0.3, -0.25) is 14.9 Å². The number of esters is 1. The molecule has 3 rings (SSSR count). The fourth-order valence-electron chi connectivity index (χ4n) is 2.54. The molecular weight excluding hydrogens is 376 g/mol. The number of benzene rings is 3. The highest BCUT2D eigenvalue weighted by atomic mass is 16.6. The molecule has 0 aliphatic heterocycles. The number of amides is 1. The molecule has 29 heavy (non-hydrogen) atoms. The van der Waals surface area contributed by atoms with Gasteiger partial charge in [0, 0.05) is 17.3 Å². The Morgan fingerprint density at radius 1 is 0.931 bits per heavy atom. The molecule has 0 aliphatic rings. The van der Waals surface area contributed by atoms with E-state index in [0.717, 1.165) is 13.2 Å². The molecule has 0 aromatic heterocycles. The minimum atomic E-state index is -0.849. The SMILES string of the molecule is COC(=O)c1ccc(C(=O)Nc2ccc(Oc3ccccc3)cc2)cc1[N+](=O)[O-]. The van der Waals surface area contributed by atoms with Gasteiger partial charge in [0.15, 0.2) is 0 Å². The second-order valence-electron chi connectivity index (χ2n) is 5.87. The molecule has 1 N–H and O–H groups in total. The van der Waals surface area contributed by atoms with Crippen molar-refractivity contribution in [2.75, 3.05) is 12.4 Å². The number of methoxy groups -OCH3 is 1. The van der Waals surface area contributed by atoms with Crippen molar-refractivity contribution in [2.45, 2.75) is 0 Å². The van der Waals surface area contributed by atoms with Crippen molar-refractivity contribution in [2.24, 2.45) is 0 Å². The number of para-hydroxylation sites is 1. The summed E-state index contributed by atoms with van der Waals surface area (Å²) in [7, 11) is 1.12. The summed E-state index contributed by atoms with van der Waals surface area (Å²) in [6, 6.07) is 19.4. The lowest BCUT2D eigenvalue weighted by Gasteiger charge is -2.09. The van der Waals surface area contributed by atoms with Crippen LogP contribution in [0.2, 0.25) is 0 Å². The molecule has 1 amide bonds. The number of anilines is 1. The molecule has 0 aliphatic carbocycles. The quantitative estimate of drug-likeness (QED) is 0.378. The van der Waals surface area contributed by atoms with Crippen LogP contribution in [-0.4, -0.2) is 23.9 Å². The lowest BCUT2D eigenvalue weighted by molar-refractivity contribution is -0.385. The average molecular weight is 392 g/mol. The highest BCUT2D eigenvalue weighted by Crippen LogP contribution is 2.24. The Labute approximate surface area is 165 Å². The second-order valence-corrected chi connectivity index (χ2v) is 5.87. The first kappa shape index (κ1) is 19.6. The molecule has 0 spiro atoms. The number of carbonyl (C=O) groups excluding carboxylic acids is 2. The van der Waals surface area contributed by atoms with Gasteiger partial charge in [-0.1, -0.05) is 18.2 Å². The maximum absolute atomic E-state index is 12.4. The van der Waals surface area contributed by atoms with Crippen LogP contribution in [0.25, 0.3) is 0 Å². The maximum Gasteiger partial charge on any atom is 0.344 e. The van der Waals surface area contributed by atoms with E-state index in [9.17, 15) is 19.7 Å². The summed E-state index contributed by atoms with van der Waals surface area (Å²) in [6.07, 6.45) is 0. The van der Waals surface area contributed by atoms with E-state index in [0.29, 0.717) is 17.2 Å². The summed E-state index contributed by atoms with van der Waals surface area (Å²) in [4.78, 5) is 34.5. The Hall–Kier alpha value is -4.20. The first-order chi connectivity index (χ1) is 14.0. The van der Waals surface area contributed by atoms with Crippen LogP contribution in [0.5, 0.6) is 11.5 Å². The predicted molar refractivity (Wildman–Crippen MR) is 105 cm³/mol. The molecule has 0 unspecified atom stereocenters. The van der Waals surface area contributed by atoms with E-state index in [1.807, 2.05) is 30.3 Å². The van der Waals surface area contributed by atoms with Gasteiger partial charge in [0.1, 0.15) is 17.1 Å². The Balaban J connectivity index is 1.73. The number of rotatable bonds is 6. The first-order valence-electron chi connectivity index (χ1n) is 8.49. The number of nitro benzene ring substituents is 1. The second kappa shape index (κ2) is 8.66. The Morgan fingerprint density at radius 2 is 1.59 bits per heavy atom. The fourth-order valence-corrected chi connectivity index (χ4v) is 2.54. The molecule has 146 valence electrons. The van der Waals surface area contributed by atoms with E-state index in [1.165, 1.54) is 12.1 Å². The lowest BCUT2D eigenvalue weighted by atomic mass is 10.1. The minimum Gasteiger partial charge on any atom is -0.465 e. The zero-order chi connectivity index (χ0) is 20.8. The molecular formula is C21H16N2O6. The van der Waals surface area contributed by atoms with Gasteiger partial charge < -0.3 is 14.8 Å². The molecule has 3 aromatic rings. The van der Waals surface area contributed by atoms with Crippen LogP contribution < -0.4 is 10.1 Å². The Kier molecular flexibility index (Phi) is 5.84. The monoisotopic (exact) mass is 392 g/mol. The summed E-state index contributed by atoms with van der Waals surface area (Å²) in [5, 5.41) is 13.9. The van der Waals surface area contributed by atoms with E-state index in [2.05, 4.69) is 10.1 Å². The first-order valence-corrected chi connectivity index (χ1v) is 8.49. The van der Waals surface area contributed by atoms with Gasteiger partial charge in [0.2, 0.25) is 0 Å². The number of nitro groups is 1. The molecule has 0 saturated heterocycles. The van der Waals surface area contributed by atoms with E-state index < -0.39 is 22.5 Å². The predicted octanol–water partition coefficient (Wildman–Crippen LogP) is 4.43. The molecule has 0 heterocycles. The van der Waals surface area contributed by atoms with Crippen molar-refractivity contribution in [3.63, 3.8) is 0 Å². The van der Waals surface area contributed by atoms with Crippen LogP contribution in [0.4, 0.5) is 11.4 Å². The maximum atomic E-state index is 12.4. The highest BCUT2D eigenvalue weighted by molar-refractivity contribution is 6.06. The van der Waals surface area contributed by atoms with Crippen molar-refractivity contribution in [3.8, 4) is 11.5 Å². The number of hydrogen-bond acceptors (Lipinski definition) is 6. The number of hydrogen-bond donors (Lipinski definition) is 1. The lowest BCUT2D eigenvalue weighted by Crippen LogP contribution is -2.13.